The van der Waals surface area contributed by atoms with Gasteiger partial charge >= 0.3 is 0 Å². The van der Waals surface area contributed by atoms with Gasteiger partial charge in [-0.25, -0.2) is 9.97 Å². The largest absolute Gasteiger partial charge is 0.351 e. The van der Waals surface area contributed by atoms with Crippen molar-refractivity contribution in [3.63, 3.8) is 0 Å². The molecule has 4 heterocycles. The van der Waals surface area contributed by atoms with Gasteiger partial charge in [0.25, 0.3) is 5.91 Å². The predicted molar refractivity (Wildman–Crippen MR) is 132 cm³/mol. The molecule has 0 spiro atoms. The van der Waals surface area contributed by atoms with Gasteiger partial charge in [0.2, 0.25) is 0 Å². The fourth-order valence-corrected chi connectivity index (χ4v) is 4.95. The average molecular weight is 479 g/mol. The van der Waals surface area contributed by atoms with E-state index >= 15 is 0 Å². The zero-order chi connectivity index (χ0) is 23.9. The predicted octanol–water partition coefficient (Wildman–Crippen LogP) is 3.62. The number of likely N-dealkylation sites (tertiary alicyclic amines) is 1. The average Bonchev–Trinajstić information content (AvgIpc) is 3.42. The van der Waals surface area contributed by atoms with Crippen LogP contribution in [0.4, 0.5) is 10.9 Å². The van der Waals surface area contributed by atoms with Crippen molar-refractivity contribution in [2.75, 3.05) is 31.5 Å². The third kappa shape index (κ3) is 6.18. The zero-order valence-electron chi connectivity index (χ0n) is 19.6. The number of aryl methyl sites for hydroxylation is 3. The molecule has 34 heavy (non-hydrogen) atoms. The summed E-state index contributed by atoms with van der Waals surface area (Å²) in [5.74, 6) is 0.844. The van der Waals surface area contributed by atoms with Crippen LogP contribution in [0, 0.1) is 25.2 Å². The molecule has 178 valence electrons. The number of nitriles is 1. The molecule has 1 atom stereocenters. The molecule has 1 saturated heterocycles. The van der Waals surface area contributed by atoms with E-state index < -0.39 is 0 Å². The van der Waals surface area contributed by atoms with Gasteiger partial charge in [-0.2, -0.15) is 10.4 Å². The molecule has 1 fully saturated rings. The van der Waals surface area contributed by atoms with Crippen molar-refractivity contribution >= 4 is 28.2 Å². The molecular formula is C24H30N8OS. The van der Waals surface area contributed by atoms with Gasteiger partial charge in [0, 0.05) is 42.3 Å². The van der Waals surface area contributed by atoms with Gasteiger partial charge in [0.05, 0.1) is 18.3 Å². The number of aromatic nitrogens is 4. The van der Waals surface area contributed by atoms with E-state index in [1.54, 1.807) is 5.38 Å². The fraction of sp³-hybridized carbons (Fsp3) is 0.458. The van der Waals surface area contributed by atoms with E-state index in [1.807, 2.05) is 42.8 Å². The Morgan fingerprint density at radius 2 is 2.21 bits per heavy atom. The third-order valence-corrected chi connectivity index (χ3v) is 6.65. The lowest BCUT2D eigenvalue weighted by atomic mass is 9.94. The summed E-state index contributed by atoms with van der Waals surface area (Å²) < 4.78 is 1.96. The quantitative estimate of drug-likeness (QED) is 0.357. The number of amides is 1. The number of rotatable bonds is 9. The van der Waals surface area contributed by atoms with Gasteiger partial charge < -0.3 is 10.6 Å². The Hall–Kier alpha value is -3.29. The van der Waals surface area contributed by atoms with Crippen molar-refractivity contribution < 1.29 is 4.79 Å². The van der Waals surface area contributed by atoms with Crippen LogP contribution in [0.15, 0.2) is 29.6 Å². The van der Waals surface area contributed by atoms with E-state index in [0.717, 1.165) is 56.0 Å². The maximum atomic E-state index is 12.5. The van der Waals surface area contributed by atoms with Crippen molar-refractivity contribution in [3.05, 3.63) is 52.4 Å². The van der Waals surface area contributed by atoms with Gasteiger partial charge in [-0.15, -0.1) is 11.3 Å². The molecule has 0 bridgehead atoms. The normalized spacial score (nSPS) is 16.2. The molecule has 0 aliphatic carbocycles. The van der Waals surface area contributed by atoms with Gasteiger partial charge in [0.15, 0.2) is 5.13 Å². The van der Waals surface area contributed by atoms with Crippen LogP contribution in [0.25, 0.3) is 0 Å². The lowest BCUT2D eigenvalue weighted by molar-refractivity contribution is 0.0948. The summed E-state index contributed by atoms with van der Waals surface area (Å²) in [6.45, 7) is 7.61. The number of pyridine rings is 1. The number of hydrogen-bond acceptors (Lipinski definition) is 8. The number of nitrogens with zero attached hydrogens (tertiary/aromatic N) is 6. The number of carbonyl (C=O) groups is 1. The monoisotopic (exact) mass is 478 g/mol. The molecule has 4 rings (SSSR count). The Kier molecular flexibility index (Phi) is 7.87. The van der Waals surface area contributed by atoms with Crippen LogP contribution in [-0.4, -0.2) is 56.7 Å². The Bertz CT molecular complexity index is 1160. The second-order valence-electron chi connectivity index (χ2n) is 8.60. The minimum atomic E-state index is -0.181. The highest BCUT2D eigenvalue weighted by molar-refractivity contribution is 7.14. The van der Waals surface area contributed by atoms with Crippen molar-refractivity contribution in [2.24, 2.45) is 0 Å². The number of thiazole rings is 1. The third-order valence-electron chi connectivity index (χ3n) is 5.90. The van der Waals surface area contributed by atoms with Crippen LogP contribution in [0.1, 0.15) is 52.8 Å². The summed E-state index contributed by atoms with van der Waals surface area (Å²) in [6.07, 6.45) is 2.93. The molecule has 1 aliphatic rings. The zero-order valence-corrected chi connectivity index (χ0v) is 20.4. The number of nitrogens with one attached hydrogen (secondary N) is 2. The fourth-order valence-electron chi connectivity index (χ4n) is 4.26. The molecule has 1 aliphatic heterocycles. The van der Waals surface area contributed by atoms with Gasteiger partial charge in [-0.1, -0.05) is 6.07 Å². The van der Waals surface area contributed by atoms with E-state index in [-0.39, 0.29) is 5.91 Å². The smallest absolute Gasteiger partial charge is 0.270 e. The summed E-state index contributed by atoms with van der Waals surface area (Å²) in [7, 11) is 0. The summed E-state index contributed by atoms with van der Waals surface area (Å²) >= 11 is 1.38. The molecule has 2 N–H and O–H groups in total. The standard InChI is InChI=1S/C24H30N8OS/c1-17-14-18(2)32(30-17)12-5-10-26-23(33)21-16-34-24(28-21)29-22-8-3-7-20(27-22)19-6-4-11-31(15-19)13-9-25/h3,7-8,14,16,19H,4-6,10-13,15H2,1-2H3,(H,26,33)(H,27,28,29)/t19-/m1/s1. The molecule has 10 heteroatoms. The minimum Gasteiger partial charge on any atom is -0.351 e. The number of hydrogen-bond donors (Lipinski definition) is 2. The second-order valence-corrected chi connectivity index (χ2v) is 9.46. The first-order chi connectivity index (χ1) is 16.5. The molecule has 9 nitrogen and oxygen atoms in total. The molecule has 0 aromatic carbocycles. The SMILES string of the molecule is Cc1cc(C)n(CCCNC(=O)c2csc(Nc3cccc([C@@H]4CCCN(CC#N)C4)n3)n2)n1. The van der Waals surface area contributed by atoms with Crippen LogP contribution in [-0.2, 0) is 6.54 Å². The van der Waals surface area contributed by atoms with Gasteiger partial charge in [0.1, 0.15) is 11.5 Å². The number of piperidine rings is 1. The van der Waals surface area contributed by atoms with Crippen molar-refractivity contribution in [2.45, 2.75) is 45.6 Å². The minimum absolute atomic E-state index is 0.181. The summed E-state index contributed by atoms with van der Waals surface area (Å²) in [5.41, 5.74) is 3.54. The van der Waals surface area contributed by atoms with Crippen molar-refractivity contribution in [3.8, 4) is 6.07 Å². The Morgan fingerprint density at radius 1 is 1.32 bits per heavy atom. The van der Waals surface area contributed by atoms with Crippen LogP contribution < -0.4 is 10.6 Å². The molecule has 3 aromatic rings. The Labute approximate surface area is 203 Å². The summed E-state index contributed by atoms with van der Waals surface area (Å²) in [6, 6.07) is 10.2. The van der Waals surface area contributed by atoms with Crippen molar-refractivity contribution in [1.82, 2.24) is 30.0 Å². The first kappa shape index (κ1) is 23.9. The molecule has 0 radical (unpaired) electrons. The van der Waals surface area contributed by atoms with Crippen LogP contribution >= 0.6 is 11.3 Å². The molecule has 0 saturated carbocycles. The summed E-state index contributed by atoms with van der Waals surface area (Å²) in [5, 5.41) is 22.0. The second kappa shape index (κ2) is 11.2. The van der Waals surface area contributed by atoms with Crippen LogP contribution in [0.2, 0.25) is 0 Å². The van der Waals surface area contributed by atoms with Gasteiger partial charge in [-0.05, 0) is 57.9 Å². The topological polar surface area (TPSA) is 112 Å². The first-order valence-corrected chi connectivity index (χ1v) is 12.5. The highest BCUT2D eigenvalue weighted by atomic mass is 32.1. The molecule has 0 unspecified atom stereocenters. The van der Waals surface area contributed by atoms with Crippen LogP contribution in [0.3, 0.4) is 0 Å². The van der Waals surface area contributed by atoms with E-state index in [9.17, 15) is 4.79 Å². The summed E-state index contributed by atoms with van der Waals surface area (Å²) in [4.78, 5) is 23.9. The first-order valence-electron chi connectivity index (χ1n) is 11.6. The van der Waals surface area contributed by atoms with Gasteiger partial charge in [-0.3, -0.25) is 14.4 Å². The van der Waals surface area contributed by atoms with Crippen molar-refractivity contribution in [1.29, 1.82) is 5.26 Å². The number of carbonyl (C=O) groups excluding carboxylic acids is 1. The van der Waals surface area contributed by atoms with Crippen LogP contribution in [0.5, 0.6) is 0 Å². The lowest BCUT2D eigenvalue weighted by Gasteiger charge is -2.30. The Morgan fingerprint density at radius 3 is 3.00 bits per heavy atom. The molecule has 3 aromatic heterocycles. The van der Waals surface area contributed by atoms with E-state index in [0.29, 0.717) is 35.7 Å². The maximum Gasteiger partial charge on any atom is 0.270 e. The molecule has 1 amide bonds. The van der Waals surface area contributed by atoms with E-state index in [4.69, 9.17) is 10.2 Å². The molecular weight excluding hydrogens is 448 g/mol. The highest BCUT2D eigenvalue weighted by Gasteiger charge is 2.22. The van der Waals surface area contributed by atoms with E-state index in [2.05, 4.69) is 31.7 Å². The Balaban J connectivity index is 1.28. The highest BCUT2D eigenvalue weighted by Crippen LogP contribution is 2.27. The van der Waals surface area contributed by atoms with E-state index in [1.165, 1.54) is 11.3 Å². The lowest BCUT2D eigenvalue weighted by Crippen LogP contribution is -2.34. The maximum absolute atomic E-state index is 12.5. The number of anilines is 2.